The Morgan fingerprint density at radius 3 is 2.71 bits per heavy atom. The molecule has 0 aliphatic heterocycles. The number of amides is 1. The Bertz CT molecular complexity index is 803. The topological polar surface area (TPSA) is 46.4 Å². The van der Waals surface area contributed by atoms with Crippen molar-refractivity contribution in [1.82, 2.24) is 14.7 Å². The number of nitrogens with zero attached hydrogens (tertiary/aromatic N) is 2. The van der Waals surface area contributed by atoms with Crippen molar-refractivity contribution in [3.63, 3.8) is 0 Å². The summed E-state index contributed by atoms with van der Waals surface area (Å²) in [7, 11) is 0. The van der Waals surface area contributed by atoms with Crippen molar-refractivity contribution in [1.29, 1.82) is 0 Å². The van der Waals surface area contributed by atoms with Crippen molar-refractivity contribution in [2.24, 2.45) is 0 Å². The molecule has 0 unspecified atom stereocenters. The Morgan fingerprint density at radius 1 is 1.14 bits per heavy atom. The monoisotopic (exact) mass is 277 g/mol. The van der Waals surface area contributed by atoms with Crippen molar-refractivity contribution in [3.05, 3.63) is 72.2 Å². The summed E-state index contributed by atoms with van der Waals surface area (Å²) in [5.74, 6) is -0.0352. The Labute approximate surface area is 122 Å². The molecule has 1 aliphatic rings. The number of hydrogen-bond acceptors (Lipinski definition) is 2. The van der Waals surface area contributed by atoms with Gasteiger partial charge in [-0.3, -0.25) is 4.79 Å². The van der Waals surface area contributed by atoms with Gasteiger partial charge in [0.1, 0.15) is 5.65 Å². The smallest absolute Gasteiger partial charge is 0.253 e. The number of benzene rings is 1. The average Bonchev–Trinajstić information content (AvgIpc) is 3.15. The first-order chi connectivity index (χ1) is 10.3. The SMILES string of the molecule is O=C(NC1(c2ccccc2)CC1)c1ccc2nccn2c1. The van der Waals surface area contributed by atoms with Gasteiger partial charge >= 0.3 is 0 Å². The van der Waals surface area contributed by atoms with Crippen LogP contribution in [0.2, 0.25) is 0 Å². The molecule has 2 aromatic heterocycles. The standard InChI is InChI=1S/C17H15N3O/c21-16(13-6-7-15-18-10-11-20(15)12-13)19-17(8-9-17)14-4-2-1-3-5-14/h1-7,10-12H,8-9H2,(H,19,21). The van der Waals surface area contributed by atoms with Crippen LogP contribution in [0.4, 0.5) is 0 Å². The zero-order chi connectivity index (χ0) is 14.3. The van der Waals surface area contributed by atoms with Gasteiger partial charge in [0.25, 0.3) is 5.91 Å². The predicted octanol–water partition coefficient (Wildman–Crippen LogP) is 2.75. The lowest BCUT2D eigenvalue weighted by Crippen LogP contribution is -2.34. The maximum atomic E-state index is 12.5. The van der Waals surface area contributed by atoms with Crippen LogP contribution in [0.1, 0.15) is 28.8 Å². The van der Waals surface area contributed by atoms with E-state index in [0.29, 0.717) is 5.56 Å². The second kappa shape index (κ2) is 4.45. The number of fused-ring (bicyclic) bond motifs is 1. The third-order valence-corrected chi connectivity index (χ3v) is 4.08. The highest BCUT2D eigenvalue weighted by molar-refractivity contribution is 5.95. The van der Waals surface area contributed by atoms with E-state index in [1.807, 2.05) is 47.1 Å². The summed E-state index contributed by atoms with van der Waals surface area (Å²) in [5.41, 5.74) is 2.50. The first-order valence-corrected chi connectivity index (χ1v) is 7.08. The molecule has 104 valence electrons. The molecule has 0 radical (unpaired) electrons. The summed E-state index contributed by atoms with van der Waals surface area (Å²) in [6.07, 6.45) is 7.38. The fraction of sp³-hybridized carbons (Fsp3) is 0.176. The quantitative estimate of drug-likeness (QED) is 0.800. The molecule has 1 saturated carbocycles. The lowest BCUT2D eigenvalue weighted by atomic mass is 10.0. The summed E-state index contributed by atoms with van der Waals surface area (Å²) >= 11 is 0. The van der Waals surface area contributed by atoms with Crippen molar-refractivity contribution in [3.8, 4) is 0 Å². The van der Waals surface area contributed by atoms with Gasteiger partial charge in [0.15, 0.2) is 0 Å². The normalized spacial score (nSPS) is 15.8. The first kappa shape index (κ1) is 12.1. The third-order valence-electron chi connectivity index (χ3n) is 4.08. The molecule has 3 aromatic rings. The summed E-state index contributed by atoms with van der Waals surface area (Å²) in [6, 6.07) is 13.8. The van der Waals surface area contributed by atoms with E-state index in [-0.39, 0.29) is 11.4 Å². The largest absolute Gasteiger partial charge is 0.342 e. The van der Waals surface area contributed by atoms with Gasteiger partial charge in [-0.2, -0.15) is 0 Å². The van der Waals surface area contributed by atoms with Gasteiger partial charge < -0.3 is 9.72 Å². The zero-order valence-electron chi connectivity index (χ0n) is 11.5. The molecule has 4 rings (SSSR count). The van der Waals surface area contributed by atoms with E-state index in [9.17, 15) is 4.79 Å². The number of carbonyl (C=O) groups is 1. The molecule has 0 bridgehead atoms. The summed E-state index contributed by atoms with van der Waals surface area (Å²) in [4.78, 5) is 16.7. The molecule has 0 atom stereocenters. The summed E-state index contributed by atoms with van der Waals surface area (Å²) in [5, 5.41) is 3.18. The second-order valence-electron chi connectivity index (χ2n) is 5.51. The van der Waals surface area contributed by atoms with Crippen LogP contribution in [0, 0.1) is 0 Å². The van der Waals surface area contributed by atoms with Gasteiger partial charge in [-0.25, -0.2) is 4.98 Å². The number of imidazole rings is 1. The molecule has 1 amide bonds. The Balaban J connectivity index is 1.61. The molecule has 21 heavy (non-hydrogen) atoms. The minimum Gasteiger partial charge on any atom is -0.342 e. The molecule has 0 spiro atoms. The van der Waals surface area contributed by atoms with Crippen LogP contribution < -0.4 is 5.32 Å². The number of nitrogens with one attached hydrogen (secondary N) is 1. The van der Waals surface area contributed by atoms with E-state index < -0.39 is 0 Å². The van der Waals surface area contributed by atoms with Gasteiger partial charge in [0, 0.05) is 18.6 Å². The van der Waals surface area contributed by atoms with E-state index in [2.05, 4.69) is 22.4 Å². The molecule has 1 aliphatic carbocycles. The molecule has 2 heterocycles. The predicted molar refractivity (Wildman–Crippen MR) is 80.0 cm³/mol. The van der Waals surface area contributed by atoms with Gasteiger partial charge in [-0.1, -0.05) is 30.3 Å². The minimum atomic E-state index is -0.178. The van der Waals surface area contributed by atoms with Crippen LogP contribution in [0.5, 0.6) is 0 Å². The highest BCUT2D eigenvalue weighted by Gasteiger charge is 2.45. The molecule has 4 heteroatoms. The third kappa shape index (κ3) is 2.09. The van der Waals surface area contributed by atoms with Crippen LogP contribution in [0.15, 0.2) is 61.1 Å². The fourth-order valence-corrected chi connectivity index (χ4v) is 2.71. The van der Waals surface area contributed by atoms with Crippen LogP contribution in [-0.4, -0.2) is 15.3 Å². The van der Waals surface area contributed by atoms with Gasteiger partial charge in [-0.15, -0.1) is 0 Å². The fourth-order valence-electron chi connectivity index (χ4n) is 2.71. The number of aromatic nitrogens is 2. The highest BCUT2D eigenvalue weighted by Crippen LogP contribution is 2.45. The molecular weight excluding hydrogens is 262 g/mol. The van der Waals surface area contributed by atoms with Crippen LogP contribution in [0.25, 0.3) is 5.65 Å². The highest BCUT2D eigenvalue weighted by atomic mass is 16.1. The van der Waals surface area contributed by atoms with E-state index >= 15 is 0 Å². The lowest BCUT2D eigenvalue weighted by molar-refractivity contribution is 0.0930. The Morgan fingerprint density at radius 2 is 1.95 bits per heavy atom. The van der Waals surface area contributed by atoms with Crippen LogP contribution >= 0.6 is 0 Å². The van der Waals surface area contributed by atoms with Gasteiger partial charge in [0.05, 0.1) is 11.1 Å². The van der Waals surface area contributed by atoms with E-state index in [4.69, 9.17) is 0 Å². The number of pyridine rings is 1. The number of rotatable bonds is 3. The minimum absolute atomic E-state index is 0.0352. The summed E-state index contributed by atoms with van der Waals surface area (Å²) < 4.78 is 1.86. The molecule has 4 nitrogen and oxygen atoms in total. The second-order valence-corrected chi connectivity index (χ2v) is 5.51. The van der Waals surface area contributed by atoms with Crippen LogP contribution in [-0.2, 0) is 5.54 Å². The number of hydrogen-bond donors (Lipinski definition) is 1. The van der Waals surface area contributed by atoms with Gasteiger partial charge in [-0.05, 0) is 30.5 Å². The zero-order valence-corrected chi connectivity index (χ0v) is 11.5. The first-order valence-electron chi connectivity index (χ1n) is 7.08. The van der Waals surface area contributed by atoms with Crippen molar-refractivity contribution in [2.45, 2.75) is 18.4 Å². The Kier molecular flexibility index (Phi) is 2.57. The Hall–Kier alpha value is -2.62. The number of carbonyl (C=O) groups excluding carboxylic acids is 1. The molecule has 1 fully saturated rings. The molecule has 0 saturated heterocycles. The maximum Gasteiger partial charge on any atom is 0.253 e. The van der Waals surface area contributed by atoms with Crippen molar-refractivity contribution >= 4 is 11.6 Å². The molecular formula is C17H15N3O. The van der Waals surface area contributed by atoms with Crippen LogP contribution in [0.3, 0.4) is 0 Å². The van der Waals surface area contributed by atoms with E-state index in [1.165, 1.54) is 5.56 Å². The van der Waals surface area contributed by atoms with E-state index in [0.717, 1.165) is 18.5 Å². The summed E-state index contributed by atoms with van der Waals surface area (Å²) in [6.45, 7) is 0. The van der Waals surface area contributed by atoms with Crippen molar-refractivity contribution < 1.29 is 4.79 Å². The lowest BCUT2D eigenvalue weighted by Gasteiger charge is -2.18. The van der Waals surface area contributed by atoms with E-state index in [1.54, 1.807) is 6.20 Å². The van der Waals surface area contributed by atoms with Crippen molar-refractivity contribution in [2.75, 3.05) is 0 Å². The average molecular weight is 277 g/mol. The maximum absolute atomic E-state index is 12.5. The molecule has 1 N–H and O–H groups in total. The van der Waals surface area contributed by atoms with Gasteiger partial charge in [0.2, 0.25) is 0 Å². The molecule has 1 aromatic carbocycles.